The molecule has 2 aromatic heterocycles. The normalized spacial score (nSPS) is 11.2. The predicted octanol–water partition coefficient (Wildman–Crippen LogP) is 5.53. The number of thiophene rings is 1. The van der Waals surface area contributed by atoms with Gasteiger partial charge in [0.2, 0.25) is 0 Å². The summed E-state index contributed by atoms with van der Waals surface area (Å²) in [4.78, 5) is 21.6. The molecule has 0 unspecified atom stereocenters. The first kappa shape index (κ1) is 17.9. The number of nitrogens with one attached hydrogen (secondary N) is 1. The van der Waals surface area contributed by atoms with Gasteiger partial charge in [-0.25, -0.2) is 13.8 Å². The molecule has 0 aliphatic heterocycles. The molecule has 2 heterocycles. The van der Waals surface area contributed by atoms with Gasteiger partial charge in [0.05, 0.1) is 5.39 Å². The van der Waals surface area contributed by atoms with Gasteiger partial charge in [0, 0.05) is 16.2 Å². The monoisotopic (exact) mass is 400 g/mol. The fraction of sp³-hybridized carbons (Fsp3) is 0.100. The number of benzene rings is 2. The third kappa shape index (κ3) is 3.65. The number of hydrogen-bond acceptors (Lipinski definition) is 4. The van der Waals surface area contributed by atoms with Crippen LogP contribution in [0.25, 0.3) is 21.3 Å². The van der Waals surface area contributed by atoms with E-state index in [1.165, 1.54) is 47.4 Å². The van der Waals surface area contributed by atoms with Crippen LogP contribution in [0.3, 0.4) is 0 Å². The van der Waals surface area contributed by atoms with Crippen molar-refractivity contribution in [3.05, 3.63) is 81.0 Å². The van der Waals surface area contributed by atoms with Gasteiger partial charge in [0.1, 0.15) is 16.5 Å². The molecular weight excluding hydrogens is 386 g/mol. The largest absolute Gasteiger partial charge is 0.301 e. The van der Waals surface area contributed by atoms with Crippen LogP contribution in [0.4, 0.5) is 8.78 Å². The Bertz CT molecular complexity index is 1180. The number of H-pyrrole nitrogens is 1. The van der Waals surface area contributed by atoms with Crippen LogP contribution >= 0.6 is 23.1 Å². The summed E-state index contributed by atoms with van der Waals surface area (Å²) >= 11 is 2.78. The number of fused-ring (bicyclic) bond motifs is 1. The molecular formula is C20H14F2N2OS2. The van der Waals surface area contributed by atoms with Gasteiger partial charge in [-0.15, -0.1) is 11.3 Å². The number of nitrogens with zero attached hydrogens (tertiary/aromatic N) is 1. The molecule has 0 aliphatic carbocycles. The highest BCUT2D eigenvalue weighted by Gasteiger charge is 2.17. The van der Waals surface area contributed by atoms with Gasteiger partial charge in [-0.2, -0.15) is 0 Å². The fourth-order valence-corrected chi connectivity index (χ4v) is 4.82. The zero-order chi connectivity index (χ0) is 19.0. The summed E-state index contributed by atoms with van der Waals surface area (Å²) in [6.07, 6.45) is 0. The number of aromatic amines is 1. The van der Waals surface area contributed by atoms with Crippen LogP contribution in [0.5, 0.6) is 0 Å². The molecule has 136 valence electrons. The zero-order valence-electron chi connectivity index (χ0n) is 14.3. The summed E-state index contributed by atoms with van der Waals surface area (Å²) in [5.74, 6) is -0.108. The second-order valence-electron chi connectivity index (χ2n) is 6.01. The van der Waals surface area contributed by atoms with Gasteiger partial charge in [0.15, 0.2) is 5.16 Å². The minimum atomic E-state index is -0.320. The van der Waals surface area contributed by atoms with Crippen molar-refractivity contribution in [2.75, 3.05) is 0 Å². The summed E-state index contributed by atoms with van der Waals surface area (Å²) in [5, 5.41) is 1.00. The smallest absolute Gasteiger partial charge is 0.260 e. The van der Waals surface area contributed by atoms with Crippen LogP contribution < -0.4 is 5.56 Å². The summed E-state index contributed by atoms with van der Waals surface area (Å²) in [6, 6.07) is 12.4. The first-order chi connectivity index (χ1) is 13.0. The number of halogens is 2. The maximum Gasteiger partial charge on any atom is 0.260 e. The van der Waals surface area contributed by atoms with E-state index in [1.54, 1.807) is 18.2 Å². The molecule has 0 fully saturated rings. The van der Waals surface area contributed by atoms with Gasteiger partial charge in [-0.3, -0.25) is 4.79 Å². The highest BCUT2D eigenvalue weighted by molar-refractivity contribution is 7.98. The SMILES string of the molecule is Cc1sc2nc(SCc3cccc(F)c3)[nH]c(=O)c2c1-c1ccc(F)cc1. The maximum absolute atomic E-state index is 13.3. The Morgan fingerprint density at radius 3 is 2.63 bits per heavy atom. The number of aryl methyl sites for hydroxylation is 1. The number of aromatic nitrogens is 2. The van der Waals surface area contributed by atoms with Crippen LogP contribution in [0, 0.1) is 18.6 Å². The van der Waals surface area contributed by atoms with Crippen LogP contribution in [0.15, 0.2) is 58.5 Å². The summed E-state index contributed by atoms with van der Waals surface area (Å²) in [6.45, 7) is 1.92. The van der Waals surface area contributed by atoms with Crippen molar-refractivity contribution in [1.82, 2.24) is 9.97 Å². The Morgan fingerprint density at radius 1 is 1.11 bits per heavy atom. The Balaban J connectivity index is 1.70. The van der Waals surface area contributed by atoms with Crippen LogP contribution in [0.2, 0.25) is 0 Å². The van der Waals surface area contributed by atoms with Crippen molar-refractivity contribution in [2.24, 2.45) is 0 Å². The first-order valence-electron chi connectivity index (χ1n) is 8.18. The fourth-order valence-electron chi connectivity index (χ4n) is 2.91. The summed E-state index contributed by atoms with van der Waals surface area (Å²) in [7, 11) is 0. The zero-order valence-corrected chi connectivity index (χ0v) is 15.9. The second-order valence-corrected chi connectivity index (χ2v) is 8.18. The molecule has 3 nitrogen and oxygen atoms in total. The third-order valence-corrected chi connectivity index (χ3v) is 6.06. The third-order valence-electron chi connectivity index (χ3n) is 4.11. The lowest BCUT2D eigenvalue weighted by Gasteiger charge is -2.04. The van der Waals surface area contributed by atoms with Gasteiger partial charge in [-0.1, -0.05) is 36.0 Å². The minimum absolute atomic E-state index is 0.231. The second kappa shape index (κ2) is 7.25. The molecule has 0 radical (unpaired) electrons. The van der Waals surface area contributed by atoms with Crippen molar-refractivity contribution in [1.29, 1.82) is 0 Å². The van der Waals surface area contributed by atoms with Gasteiger partial charge in [-0.05, 0) is 42.3 Å². The highest BCUT2D eigenvalue weighted by atomic mass is 32.2. The average Bonchev–Trinajstić information content (AvgIpc) is 2.97. The van der Waals surface area contributed by atoms with E-state index in [4.69, 9.17) is 0 Å². The predicted molar refractivity (Wildman–Crippen MR) is 106 cm³/mol. The van der Waals surface area contributed by atoms with E-state index in [9.17, 15) is 13.6 Å². The molecule has 0 bridgehead atoms. The van der Waals surface area contributed by atoms with E-state index in [2.05, 4.69) is 9.97 Å². The average molecular weight is 400 g/mol. The maximum atomic E-state index is 13.3. The van der Waals surface area contributed by atoms with Crippen molar-refractivity contribution < 1.29 is 8.78 Å². The quantitative estimate of drug-likeness (QED) is 0.362. The summed E-state index contributed by atoms with van der Waals surface area (Å²) in [5.41, 5.74) is 2.15. The topological polar surface area (TPSA) is 45.8 Å². The lowest BCUT2D eigenvalue weighted by molar-refractivity contribution is 0.626. The van der Waals surface area contributed by atoms with Gasteiger partial charge >= 0.3 is 0 Å². The molecule has 0 aliphatic rings. The molecule has 0 saturated carbocycles. The lowest BCUT2D eigenvalue weighted by Crippen LogP contribution is -2.08. The van der Waals surface area contributed by atoms with Crippen LogP contribution in [0.1, 0.15) is 10.4 Å². The van der Waals surface area contributed by atoms with Crippen molar-refractivity contribution in [2.45, 2.75) is 17.8 Å². The van der Waals surface area contributed by atoms with Gasteiger partial charge < -0.3 is 4.98 Å². The van der Waals surface area contributed by atoms with E-state index in [0.29, 0.717) is 21.1 Å². The number of thioether (sulfide) groups is 1. The molecule has 4 aromatic rings. The minimum Gasteiger partial charge on any atom is -0.301 e. The molecule has 7 heteroatoms. The summed E-state index contributed by atoms with van der Waals surface area (Å²) < 4.78 is 26.5. The molecule has 0 saturated heterocycles. The van der Waals surface area contributed by atoms with Crippen molar-refractivity contribution in [3.8, 4) is 11.1 Å². The standard InChI is InChI=1S/C20H14F2N2OS2/c1-11-16(13-5-7-14(21)8-6-13)17-18(25)23-20(24-19(17)27-11)26-10-12-3-2-4-15(22)9-12/h2-9H,10H2,1H3,(H,23,24,25). The van der Waals surface area contributed by atoms with E-state index >= 15 is 0 Å². The Labute approximate surface area is 162 Å². The van der Waals surface area contributed by atoms with Crippen LogP contribution in [-0.2, 0) is 5.75 Å². The Kier molecular flexibility index (Phi) is 4.80. The lowest BCUT2D eigenvalue weighted by atomic mass is 10.0. The molecule has 4 rings (SSSR count). The Morgan fingerprint density at radius 2 is 1.89 bits per heavy atom. The molecule has 0 atom stereocenters. The number of rotatable bonds is 4. The molecule has 0 spiro atoms. The highest BCUT2D eigenvalue weighted by Crippen LogP contribution is 2.36. The van der Waals surface area contributed by atoms with Crippen molar-refractivity contribution >= 4 is 33.3 Å². The number of hydrogen-bond donors (Lipinski definition) is 1. The molecule has 0 amide bonds. The molecule has 1 N–H and O–H groups in total. The van der Waals surface area contributed by atoms with Gasteiger partial charge in [0.25, 0.3) is 5.56 Å². The molecule has 27 heavy (non-hydrogen) atoms. The van der Waals surface area contributed by atoms with E-state index in [1.807, 2.05) is 13.0 Å². The van der Waals surface area contributed by atoms with Crippen LogP contribution in [-0.4, -0.2) is 9.97 Å². The van der Waals surface area contributed by atoms with E-state index < -0.39 is 0 Å². The van der Waals surface area contributed by atoms with E-state index in [-0.39, 0.29) is 17.2 Å². The molecule has 2 aromatic carbocycles. The first-order valence-corrected chi connectivity index (χ1v) is 9.98. The van der Waals surface area contributed by atoms with E-state index in [0.717, 1.165) is 21.6 Å². The van der Waals surface area contributed by atoms with Crippen molar-refractivity contribution in [3.63, 3.8) is 0 Å². The Hall–Kier alpha value is -2.51.